The van der Waals surface area contributed by atoms with Crippen molar-refractivity contribution in [1.29, 1.82) is 0 Å². The van der Waals surface area contributed by atoms with Crippen LogP contribution in [0.15, 0.2) is 53.5 Å². The Hall–Kier alpha value is -2.33. The van der Waals surface area contributed by atoms with Gasteiger partial charge in [0.05, 0.1) is 12.8 Å². The molecule has 0 amide bonds. The van der Waals surface area contributed by atoms with E-state index in [2.05, 4.69) is 15.0 Å². The van der Waals surface area contributed by atoms with Crippen molar-refractivity contribution >= 4 is 29.0 Å². The minimum atomic E-state index is -0.388. The highest BCUT2D eigenvalue weighted by atomic mass is 35.5. The molecule has 114 valence electrons. The smallest absolute Gasteiger partial charge is 0.327 e. The van der Waals surface area contributed by atoms with E-state index in [1.165, 1.54) is 7.11 Å². The normalized spacial score (nSPS) is 11.1. The van der Waals surface area contributed by atoms with Gasteiger partial charge < -0.3 is 10.1 Å². The molecule has 0 aliphatic rings. The van der Waals surface area contributed by atoms with E-state index in [0.29, 0.717) is 10.7 Å². The van der Waals surface area contributed by atoms with Crippen molar-refractivity contribution in [2.75, 3.05) is 26.0 Å². The Morgan fingerprint density at radius 2 is 1.95 bits per heavy atom. The first-order chi connectivity index (χ1) is 10.7. The van der Waals surface area contributed by atoms with Crippen molar-refractivity contribution in [3.05, 3.63) is 64.7 Å². The standard InChI is InChI=1S/C17H17ClN2O2/c1-19-15-9-8-13(18)10-14(15)17(20-11-16(21)22-2)12-6-4-3-5-7-12/h3-10,19H,11H2,1-2H3. The summed E-state index contributed by atoms with van der Waals surface area (Å²) in [7, 11) is 3.17. The van der Waals surface area contributed by atoms with E-state index in [-0.39, 0.29) is 12.5 Å². The first kappa shape index (κ1) is 16.0. The van der Waals surface area contributed by atoms with Crippen LogP contribution in [0.3, 0.4) is 0 Å². The van der Waals surface area contributed by atoms with Crippen LogP contribution in [0.4, 0.5) is 5.69 Å². The summed E-state index contributed by atoms with van der Waals surface area (Å²) in [5.41, 5.74) is 3.32. The SMILES string of the molecule is CNc1ccc(Cl)cc1C(=NCC(=O)OC)c1ccccc1. The summed E-state index contributed by atoms with van der Waals surface area (Å²) in [5, 5.41) is 3.73. The molecule has 0 atom stereocenters. The molecule has 4 nitrogen and oxygen atoms in total. The highest BCUT2D eigenvalue weighted by molar-refractivity contribution is 6.31. The molecule has 0 saturated carbocycles. The highest BCUT2D eigenvalue weighted by Gasteiger charge is 2.13. The van der Waals surface area contributed by atoms with Gasteiger partial charge in [-0.3, -0.25) is 9.79 Å². The number of aliphatic imine (C=N–C) groups is 1. The van der Waals surface area contributed by atoms with Gasteiger partial charge >= 0.3 is 5.97 Å². The minimum absolute atomic E-state index is 0.0452. The average molecular weight is 317 g/mol. The maximum Gasteiger partial charge on any atom is 0.327 e. The van der Waals surface area contributed by atoms with Crippen molar-refractivity contribution < 1.29 is 9.53 Å². The van der Waals surface area contributed by atoms with Crippen LogP contribution in [0, 0.1) is 0 Å². The Morgan fingerprint density at radius 1 is 1.23 bits per heavy atom. The fourth-order valence-corrected chi connectivity index (χ4v) is 2.24. The molecule has 0 saturated heterocycles. The Bertz CT molecular complexity index is 684. The zero-order valence-electron chi connectivity index (χ0n) is 12.5. The largest absolute Gasteiger partial charge is 0.468 e. The Balaban J connectivity index is 2.54. The summed E-state index contributed by atoms with van der Waals surface area (Å²) < 4.78 is 4.66. The van der Waals surface area contributed by atoms with E-state index in [4.69, 9.17) is 11.6 Å². The van der Waals surface area contributed by atoms with E-state index < -0.39 is 0 Å². The molecular formula is C17H17ClN2O2. The maximum absolute atomic E-state index is 11.4. The number of benzene rings is 2. The van der Waals surface area contributed by atoms with E-state index in [1.54, 1.807) is 6.07 Å². The second-order valence-corrected chi connectivity index (χ2v) is 4.98. The summed E-state index contributed by atoms with van der Waals surface area (Å²) >= 11 is 6.12. The van der Waals surface area contributed by atoms with Crippen molar-refractivity contribution in [3.8, 4) is 0 Å². The predicted octanol–water partition coefficient (Wildman–Crippen LogP) is 3.39. The molecule has 0 fully saturated rings. The van der Waals surface area contributed by atoms with E-state index in [9.17, 15) is 4.79 Å². The molecule has 0 bridgehead atoms. The van der Waals surface area contributed by atoms with Gasteiger partial charge in [0.15, 0.2) is 0 Å². The third-order valence-electron chi connectivity index (χ3n) is 3.15. The molecule has 2 aromatic carbocycles. The van der Waals surface area contributed by atoms with Gasteiger partial charge in [0.25, 0.3) is 0 Å². The lowest BCUT2D eigenvalue weighted by Crippen LogP contribution is -2.12. The van der Waals surface area contributed by atoms with Crippen LogP contribution in [0.1, 0.15) is 11.1 Å². The van der Waals surface area contributed by atoms with E-state index in [1.807, 2.05) is 49.5 Å². The lowest BCUT2D eigenvalue weighted by Gasteiger charge is -2.13. The molecule has 2 aromatic rings. The number of anilines is 1. The number of esters is 1. The van der Waals surface area contributed by atoms with Gasteiger partial charge in [-0.2, -0.15) is 0 Å². The summed E-state index contributed by atoms with van der Waals surface area (Å²) in [5.74, 6) is -0.388. The quantitative estimate of drug-likeness (QED) is 0.679. The second-order valence-electron chi connectivity index (χ2n) is 4.55. The highest BCUT2D eigenvalue weighted by Crippen LogP contribution is 2.24. The van der Waals surface area contributed by atoms with Gasteiger partial charge in [0.1, 0.15) is 6.54 Å². The second kappa shape index (κ2) is 7.61. The van der Waals surface area contributed by atoms with Crippen molar-refractivity contribution in [3.63, 3.8) is 0 Å². The van der Waals surface area contributed by atoms with Crippen LogP contribution >= 0.6 is 11.6 Å². The number of carbonyl (C=O) groups is 1. The van der Waals surface area contributed by atoms with Crippen LogP contribution in [0.5, 0.6) is 0 Å². The number of nitrogens with zero attached hydrogens (tertiary/aromatic N) is 1. The lowest BCUT2D eigenvalue weighted by atomic mass is 10.0. The molecule has 0 heterocycles. The maximum atomic E-state index is 11.4. The molecule has 0 spiro atoms. The summed E-state index contributed by atoms with van der Waals surface area (Å²) in [4.78, 5) is 15.9. The number of rotatable bonds is 5. The molecule has 0 unspecified atom stereocenters. The van der Waals surface area contributed by atoms with Gasteiger partial charge in [-0.05, 0) is 18.2 Å². The van der Waals surface area contributed by atoms with Crippen LogP contribution in [-0.2, 0) is 9.53 Å². The number of ether oxygens (including phenoxy) is 1. The van der Waals surface area contributed by atoms with Gasteiger partial charge in [-0.15, -0.1) is 0 Å². The topological polar surface area (TPSA) is 50.7 Å². The molecule has 0 aliphatic heterocycles. The Morgan fingerprint density at radius 3 is 2.59 bits per heavy atom. The lowest BCUT2D eigenvalue weighted by molar-refractivity contribution is -0.138. The molecule has 0 aliphatic carbocycles. The van der Waals surface area contributed by atoms with E-state index >= 15 is 0 Å². The van der Waals surface area contributed by atoms with Gasteiger partial charge in [0, 0.05) is 28.9 Å². The number of carbonyl (C=O) groups excluding carboxylic acids is 1. The molecule has 1 N–H and O–H groups in total. The molecule has 22 heavy (non-hydrogen) atoms. The molecular weight excluding hydrogens is 300 g/mol. The number of halogens is 1. The zero-order valence-corrected chi connectivity index (χ0v) is 13.2. The number of hydrogen-bond acceptors (Lipinski definition) is 4. The minimum Gasteiger partial charge on any atom is -0.468 e. The van der Waals surface area contributed by atoms with Crippen molar-refractivity contribution in [2.45, 2.75) is 0 Å². The molecule has 0 aromatic heterocycles. The summed E-state index contributed by atoms with van der Waals surface area (Å²) in [6.07, 6.45) is 0. The van der Waals surface area contributed by atoms with Gasteiger partial charge in [0.2, 0.25) is 0 Å². The molecule has 2 rings (SSSR count). The first-order valence-electron chi connectivity index (χ1n) is 6.80. The van der Waals surface area contributed by atoms with Crippen molar-refractivity contribution in [1.82, 2.24) is 0 Å². The zero-order chi connectivity index (χ0) is 15.9. The monoisotopic (exact) mass is 316 g/mol. The van der Waals surface area contributed by atoms with Crippen LogP contribution in [0.2, 0.25) is 5.02 Å². The Kier molecular flexibility index (Phi) is 5.55. The fraction of sp³-hybridized carbons (Fsp3) is 0.176. The third kappa shape index (κ3) is 3.86. The predicted molar refractivity (Wildman–Crippen MR) is 90.0 cm³/mol. The number of methoxy groups -OCH3 is 1. The first-order valence-corrected chi connectivity index (χ1v) is 7.18. The van der Waals surface area contributed by atoms with Crippen LogP contribution < -0.4 is 5.32 Å². The van der Waals surface area contributed by atoms with Gasteiger partial charge in [-0.1, -0.05) is 41.9 Å². The van der Waals surface area contributed by atoms with Crippen LogP contribution in [-0.4, -0.2) is 32.4 Å². The average Bonchev–Trinajstić information content (AvgIpc) is 2.56. The van der Waals surface area contributed by atoms with E-state index in [0.717, 1.165) is 16.8 Å². The Labute approximate surface area is 134 Å². The third-order valence-corrected chi connectivity index (χ3v) is 3.38. The number of hydrogen-bond donors (Lipinski definition) is 1. The van der Waals surface area contributed by atoms with Crippen LogP contribution in [0.25, 0.3) is 0 Å². The number of nitrogens with one attached hydrogen (secondary N) is 1. The van der Waals surface area contributed by atoms with Gasteiger partial charge in [-0.25, -0.2) is 0 Å². The summed E-state index contributed by atoms with van der Waals surface area (Å²) in [6, 6.07) is 15.2. The fourth-order valence-electron chi connectivity index (χ4n) is 2.07. The molecule has 0 radical (unpaired) electrons. The summed E-state index contributed by atoms with van der Waals surface area (Å²) in [6.45, 7) is -0.0452. The van der Waals surface area contributed by atoms with Crippen molar-refractivity contribution in [2.24, 2.45) is 4.99 Å². The molecule has 5 heteroatoms.